The molecule has 1 atom stereocenters. The Balaban J connectivity index is 4.26. The summed E-state index contributed by atoms with van der Waals surface area (Å²) < 4.78 is 16.8. The van der Waals surface area contributed by atoms with Gasteiger partial charge in [0.2, 0.25) is 0 Å². The molecule has 0 aromatic heterocycles. The lowest BCUT2D eigenvalue weighted by atomic mass is 10.1. The molecule has 0 bridgehead atoms. The van der Waals surface area contributed by atoms with E-state index in [1.165, 1.54) is 173 Å². The second-order valence-corrected chi connectivity index (χ2v) is 18.8. The van der Waals surface area contributed by atoms with Crippen LogP contribution < -0.4 is 0 Å². The average molecular weight is 899 g/mol. The summed E-state index contributed by atoms with van der Waals surface area (Å²) in [4.78, 5) is 38.0. The van der Waals surface area contributed by atoms with Gasteiger partial charge in [-0.3, -0.25) is 14.4 Å². The monoisotopic (exact) mass is 899 g/mol. The van der Waals surface area contributed by atoms with Gasteiger partial charge in [-0.05, 0) is 77.0 Å². The van der Waals surface area contributed by atoms with E-state index in [0.29, 0.717) is 19.3 Å². The lowest BCUT2D eigenvalue weighted by molar-refractivity contribution is -0.167. The Morgan fingerprint density at radius 1 is 0.312 bits per heavy atom. The van der Waals surface area contributed by atoms with Crippen molar-refractivity contribution in [3.63, 3.8) is 0 Å². The molecule has 0 saturated heterocycles. The number of hydrogen-bond acceptors (Lipinski definition) is 6. The van der Waals surface area contributed by atoms with E-state index < -0.39 is 6.10 Å². The SMILES string of the molecule is CCCCCC/C=C\C/C=C\CCCCCCCC(=O)OC(COC(=O)CCCCCCCCCCC)COC(=O)CCCCCCCCCCC/C=C\CCCCCCCCCC. The molecule has 0 aliphatic heterocycles. The molecule has 0 aliphatic rings. The van der Waals surface area contributed by atoms with E-state index in [1.54, 1.807) is 0 Å². The summed E-state index contributed by atoms with van der Waals surface area (Å²) >= 11 is 0. The van der Waals surface area contributed by atoms with Crippen LogP contribution in [0.15, 0.2) is 36.5 Å². The lowest BCUT2D eigenvalue weighted by Gasteiger charge is -2.18. The number of carbonyl (C=O) groups excluding carboxylic acids is 3. The van der Waals surface area contributed by atoms with Crippen molar-refractivity contribution in [2.75, 3.05) is 13.2 Å². The van der Waals surface area contributed by atoms with Gasteiger partial charge >= 0.3 is 17.9 Å². The van der Waals surface area contributed by atoms with E-state index >= 15 is 0 Å². The van der Waals surface area contributed by atoms with E-state index in [0.717, 1.165) is 83.5 Å². The molecule has 0 aromatic carbocycles. The molecule has 0 N–H and O–H groups in total. The Morgan fingerprint density at radius 2 is 0.562 bits per heavy atom. The molecular formula is C58H106O6. The van der Waals surface area contributed by atoms with Gasteiger partial charge in [-0.25, -0.2) is 0 Å². The fourth-order valence-corrected chi connectivity index (χ4v) is 8.12. The van der Waals surface area contributed by atoms with E-state index in [-0.39, 0.29) is 31.1 Å². The highest BCUT2D eigenvalue weighted by Gasteiger charge is 2.19. The minimum atomic E-state index is -0.776. The van der Waals surface area contributed by atoms with E-state index in [4.69, 9.17) is 14.2 Å². The zero-order valence-corrected chi connectivity index (χ0v) is 42.8. The maximum atomic E-state index is 12.8. The molecule has 0 heterocycles. The molecule has 0 fully saturated rings. The molecule has 0 spiro atoms. The maximum absolute atomic E-state index is 12.8. The van der Waals surface area contributed by atoms with Gasteiger partial charge in [-0.1, -0.05) is 237 Å². The first-order chi connectivity index (χ1) is 31.5. The normalized spacial score (nSPS) is 12.2. The largest absolute Gasteiger partial charge is 0.462 e. The number of allylic oxidation sites excluding steroid dienone is 6. The van der Waals surface area contributed by atoms with Gasteiger partial charge in [0, 0.05) is 19.3 Å². The number of unbranched alkanes of at least 4 members (excludes halogenated alkanes) is 34. The van der Waals surface area contributed by atoms with Crippen LogP contribution in [0, 0.1) is 0 Å². The molecule has 0 aliphatic carbocycles. The van der Waals surface area contributed by atoms with Crippen LogP contribution in [-0.2, 0) is 28.6 Å². The predicted octanol–water partition coefficient (Wildman–Crippen LogP) is 18.5. The van der Waals surface area contributed by atoms with Gasteiger partial charge < -0.3 is 14.2 Å². The van der Waals surface area contributed by atoms with Crippen molar-refractivity contribution in [1.82, 2.24) is 0 Å². The van der Waals surface area contributed by atoms with Crippen LogP contribution in [0.1, 0.15) is 297 Å². The highest BCUT2D eigenvalue weighted by Crippen LogP contribution is 2.15. The van der Waals surface area contributed by atoms with Crippen molar-refractivity contribution in [3.8, 4) is 0 Å². The van der Waals surface area contributed by atoms with Gasteiger partial charge in [-0.2, -0.15) is 0 Å². The van der Waals surface area contributed by atoms with Crippen molar-refractivity contribution < 1.29 is 28.6 Å². The molecule has 6 heteroatoms. The van der Waals surface area contributed by atoms with Gasteiger partial charge in [0.15, 0.2) is 6.10 Å². The van der Waals surface area contributed by atoms with E-state index in [9.17, 15) is 14.4 Å². The molecule has 374 valence electrons. The molecule has 6 nitrogen and oxygen atoms in total. The summed E-state index contributed by atoms with van der Waals surface area (Å²) in [7, 11) is 0. The number of ether oxygens (including phenoxy) is 3. The zero-order chi connectivity index (χ0) is 46.5. The Bertz CT molecular complexity index is 1080. The molecule has 1 unspecified atom stereocenters. The Kier molecular flexibility index (Phi) is 51.3. The van der Waals surface area contributed by atoms with Crippen molar-refractivity contribution >= 4 is 17.9 Å². The number of esters is 3. The summed E-state index contributed by atoms with van der Waals surface area (Å²) in [6.07, 6.45) is 62.8. The lowest BCUT2D eigenvalue weighted by Crippen LogP contribution is -2.30. The molecule has 0 saturated carbocycles. The first-order valence-electron chi connectivity index (χ1n) is 28.0. The summed E-state index contributed by atoms with van der Waals surface area (Å²) in [6.45, 7) is 6.62. The van der Waals surface area contributed by atoms with Crippen LogP contribution in [-0.4, -0.2) is 37.2 Å². The van der Waals surface area contributed by atoms with Gasteiger partial charge in [0.25, 0.3) is 0 Å². The Morgan fingerprint density at radius 3 is 0.891 bits per heavy atom. The highest BCUT2D eigenvalue weighted by atomic mass is 16.6. The quantitative estimate of drug-likeness (QED) is 0.0262. The number of rotatable bonds is 51. The van der Waals surface area contributed by atoms with Crippen molar-refractivity contribution in [2.45, 2.75) is 303 Å². The predicted molar refractivity (Wildman–Crippen MR) is 275 cm³/mol. The fourth-order valence-electron chi connectivity index (χ4n) is 8.12. The summed E-state index contributed by atoms with van der Waals surface area (Å²) in [6, 6.07) is 0. The second kappa shape index (κ2) is 53.2. The van der Waals surface area contributed by atoms with Crippen LogP contribution in [0.4, 0.5) is 0 Å². The van der Waals surface area contributed by atoms with Gasteiger partial charge in [0.1, 0.15) is 13.2 Å². The first kappa shape index (κ1) is 61.6. The standard InChI is InChI=1S/C58H106O6/c1-4-7-10-13-16-19-21-23-25-27-28-29-30-31-33-34-36-39-42-45-48-51-57(60)63-54-55(53-62-56(59)50-47-44-41-38-18-15-12-9-6-3)64-58(61)52-49-46-43-40-37-35-32-26-24-22-20-17-14-11-8-5-2/h20,22,26-28,32,55H,4-19,21,23-25,29-31,33-54H2,1-3H3/b22-20-,28-27-,32-26-. The Labute approximate surface area is 397 Å². The van der Waals surface area contributed by atoms with E-state index in [2.05, 4.69) is 57.2 Å². The Hall–Kier alpha value is -2.37. The molecule has 0 radical (unpaired) electrons. The molecule has 0 amide bonds. The summed E-state index contributed by atoms with van der Waals surface area (Å²) in [5.74, 6) is -0.882. The van der Waals surface area contributed by atoms with E-state index in [1.807, 2.05) is 0 Å². The first-order valence-corrected chi connectivity index (χ1v) is 28.0. The van der Waals surface area contributed by atoms with Crippen LogP contribution in [0.25, 0.3) is 0 Å². The van der Waals surface area contributed by atoms with Crippen molar-refractivity contribution in [1.29, 1.82) is 0 Å². The highest BCUT2D eigenvalue weighted by molar-refractivity contribution is 5.71. The van der Waals surface area contributed by atoms with Crippen LogP contribution in [0.2, 0.25) is 0 Å². The molecular weight excluding hydrogens is 793 g/mol. The third-order valence-electron chi connectivity index (χ3n) is 12.4. The topological polar surface area (TPSA) is 78.9 Å². The van der Waals surface area contributed by atoms with Crippen LogP contribution in [0.3, 0.4) is 0 Å². The summed E-state index contributed by atoms with van der Waals surface area (Å²) in [5.41, 5.74) is 0. The van der Waals surface area contributed by atoms with Gasteiger partial charge in [-0.15, -0.1) is 0 Å². The summed E-state index contributed by atoms with van der Waals surface area (Å²) in [5, 5.41) is 0. The third-order valence-corrected chi connectivity index (χ3v) is 12.4. The molecule has 0 rings (SSSR count). The minimum Gasteiger partial charge on any atom is -0.462 e. The number of hydrogen-bond donors (Lipinski definition) is 0. The average Bonchev–Trinajstić information content (AvgIpc) is 3.29. The smallest absolute Gasteiger partial charge is 0.306 e. The van der Waals surface area contributed by atoms with Gasteiger partial charge in [0.05, 0.1) is 0 Å². The maximum Gasteiger partial charge on any atom is 0.306 e. The van der Waals surface area contributed by atoms with Crippen LogP contribution in [0.5, 0.6) is 0 Å². The van der Waals surface area contributed by atoms with Crippen LogP contribution >= 0.6 is 0 Å². The third kappa shape index (κ3) is 50.6. The zero-order valence-electron chi connectivity index (χ0n) is 42.8. The number of carbonyl (C=O) groups is 3. The van der Waals surface area contributed by atoms with Crippen molar-refractivity contribution in [2.24, 2.45) is 0 Å². The second-order valence-electron chi connectivity index (χ2n) is 18.8. The fraction of sp³-hybridized carbons (Fsp3) is 0.845. The minimum absolute atomic E-state index is 0.0758. The molecule has 64 heavy (non-hydrogen) atoms. The van der Waals surface area contributed by atoms with Crippen molar-refractivity contribution in [3.05, 3.63) is 36.5 Å². The molecule has 0 aromatic rings.